The molecule has 0 bridgehead atoms. The van der Waals surface area contributed by atoms with Gasteiger partial charge < -0.3 is 4.42 Å². The maximum atomic E-state index is 6.54. The fourth-order valence-corrected chi connectivity index (χ4v) is 9.48. The molecule has 0 radical (unpaired) electrons. The fourth-order valence-electron chi connectivity index (χ4n) is 9.48. The number of aromatic nitrogens is 3. The molecule has 60 heavy (non-hydrogen) atoms. The first-order valence-electron chi connectivity index (χ1n) is 20.5. The molecule has 4 heteroatoms. The van der Waals surface area contributed by atoms with Crippen LogP contribution in [0, 0.1) is 0 Å². The van der Waals surface area contributed by atoms with Crippen LogP contribution < -0.4 is 0 Å². The van der Waals surface area contributed by atoms with Crippen molar-refractivity contribution < 1.29 is 4.42 Å². The van der Waals surface area contributed by atoms with Crippen molar-refractivity contribution in [2.45, 2.75) is 19.3 Å². The first kappa shape index (κ1) is 34.4. The highest BCUT2D eigenvalue weighted by Gasteiger charge is 2.35. The summed E-state index contributed by atoms with van der Waals surface area (Å²) in [6.07, 6.45) is 0. The van der Waals surface area contributed by atoms with E-state index in [0.717, 1.165) is 94.1 Å². The molecule has 0 unspecified atom stereocenters. The van der Waals surface area contributed by atoms with E-state index in [1.54, 1.807) is 0 Å². The number of rotatable bonds is 5. The minimum atomic E-state index is -0.0565. The molecular weight excluding hydrogens is 731 g/mol. The quantitative estimate of drug-likeness (QED) is 0.164. The molecule has 1 aliphatic carbocycles. The molecule has 0 atom stereocenters. The number of furan rings is 1. The number of hydrogen-bond acceptors (Lipinski definition) is 4. The summed E-state index contributed by atoms with van der Waals surface area (Å²) in [5, 5.41) is 5.58. The van der Waals surface area contributed by atoms with E-state index in [2.05, 4.69) is 178 Å². The maximum absolute atomic E-state index is 6.54. The van der Waals surface area contributed by atoms with Crippen molar-refractivity contribution in [2.75, 3.05) is 0 Å². The molecule has 0 aliphatic heterocycles. The van der Waals surface area contributed by atoms with E-state index >= 15 is 0 Å². The summed E-state index contributed by atoms with van der Waals surface area (Å²) >= 11 is 0. The molecule has 0 saturated carbocycles. The van der Waals surface area contributed by atoms with Gasteiger partial charge in [-0.3, -0.25) is 0 Å². The van der Waals surface area contributed by atoms with Crippen molar-refractivity contribution in [3.8, 4) is 67.4 Å². The standard InChI is InChI=1S/C56H37N3O/c1-56(2)45-19-11-9-17-40(45)43-32-39(25-28-46(43)56)49-33-48(58-55(59-49)37-15-7-4-8-16-37)35-23-21-34(22-24-35)38-26-29-50-44(31-38)53-51(60-50)30-27-42-52(53)41-18-10-12-20-47(41)57-54(42)36-13-5-3-6-14-36/h3-33H,1-2H3. The van der Waals surface area contributed by atoms with Crippen molar-refractivity contribution in [3.63, 3.8) is 0 Å². The van der Waals surface area contributed by atoms with Crippen LogP contribution in [-0.4, -0.2) is 15.0 Å². The predicted octanol–water partition coefficient (Wildman–Crippen LogP) is 14.7. The Bertz CT molecular complexity index is 3490. The van der Waals surface area contributed by atoms with Crippen LogP contribution in [-0.2, 0) is 5.41 Å². The van der Waals surface area contributed by atoms with Crippen LogP contribution in [0.15, 0.2) is 192 Å². The highest BCUT2D eigenvalue weighted by Crippen LogP contribution is 2.50. The van der Waals surface area contributed by atoms with Crippen molar-refractivity contribution in [1.29, 1.82) is 0 Å². The second-order valence-corrected chi connectivity index (χ2v) is 16.4. The summed E-state index contributed by atoms with van der Waals surface area (Å²) in [6.45, 7) is 4.63. The van der Waals surface area contributed by atoms with Gasteiger partial charge in [-0.1, -0.05) is 159 Å². The molecule has 8 aromatic carbocycles. The number of para-hydroxylation sites is 1. The van der Waals surface area contributed by atoms with Crippen molar-refractivity contribution in [3.05, 3.63) is 199 Å². The number of benzene rings is 8. The van der Waals surface area contributed by atoms with E-state index in [1.165, 1.54) is 22.3 Å². The molecule has 0 amide bonds. The van der Waals surface area contributed by atoms with E-state index < -0.39 is 0 Å². The van der Waals surface area contributed by atoms with Gasteiger partial charge in [0.1, 0.15) is 11.2 Å². The van der Waals surface area contributed by atoms with Gasteiger partial charge in [-0.05, 0) is 75.8 Å². The van der Waals surface area contributed by atoms with Gasteiger partial charge in [0.2, 0.25) is 0 Å². The summed E-state index contributed by atoms with van der Waals surface area (Å²) in [7, 11) is 0. The summed E-state index contributed by atoms with van der Waals surface area (Å²) < 4.78 is 6.54. The molecule has 3 heterocycles. The third-order valence-corrected chi connectivity index (χ3v) is 12.5. The third kappa shape index (κ3) is 5.34. The van der Waals surface area contributed by atoms with Crippen LogP contribution in [0.2, 0.25) is 0 Å². The molecular formula is C56H37N3O. The molecule has 11 aromatic rings. The lowest BCUT2D eigenvalue weighted by atomic mass is 9.82. The number of pyridine rings is 1. The van der Waals surface area contributed by atoms with Crippen LogP contribution in [0.1, 0.15) is 25.0 Å². The lowest BCUT2D eigenvalue weighted by Gasteiger charge is -2.21. The van der Waals surface area contributed by atoms with Crippen molar-refractivity contribution in [1.82, 2.24) is 15.0 Å². The monoisotopic (exact) mass is 767 g/mol. The molecule has 0 spiro atoms. The first-order valence-corrected chi connectivity index (χ1v) is 20.5. The fraction of sp³-hybridized carbons (Fsp3) is 0.0536. The summed E-state index contributed by atoms with van der Waals surface area (Å²) in [4.78, 5) is 15.5. The van der Waals surface area contributed by atoms with Crippen molar-refractivity contribution in [2.24, 2.45) is 0 Å². The van der Waals surface area contributed by atoms with E-state index in [9.17, 15) is 0 Å². The molecule has 0 N–H and O–H groups in total. The second-order valence-electron chi connectivity index (χ2n) is 16.4. The smallest absolute Gasteiger partial charge is 0.160 e. The third-order valence-electron chi connectivity index (χ3n) is 12.5. The zero-order chi connectivity index (χ0) is 40.0. The molecule has 282 valence electrons. The Morgan fingerprint density at radius 3 is 1.83 bits per heavy atom. The van der Waals surface area contributed by atoms with Gasteiger partial charge in [0.15, 0.2) is 5.82 Å². The van der Waals surface area contributed by atoms with Gasteiger partial charge in [0.25, 0.3) is 0 Å². The Morgan fingerprint density at radius 1 is 0.383 bits per heavy atom. The number of fused-ring (bicyclic) bond motifs is 10. The Labute approximate surface area is 347 Å². The Kier molecular flexibility index (Phi) is 7.54. The zero-order valence-corrected chi connectivity index (χ0v) is 33.1. The average Bonchev–Trinajstić information content (AvgIpc) is 3.80. The Balaban J connectivity index is 0.973. The highest BCUT2D eigenvalue weighted by molar-refractivity contribution is 6.28. The summed E-state index contributed by atoms with van der Waals surface area (Å²) in [6, 6.07) is 66.4. The van der Waals surface area contributed by atoms with Crippen LogP contribution in [0.4, 0.5) is 0 Å². The van der Waals surface area contributed by atoms with E-state index in [0.29, 0.717) is 5.82 Å². The maximum Gasteiger partial charge on any atom is 0.160 e. The van der Waals surface area contributed by atoms with Gasteiger partial charge in [0, 0.05) is 54.6 Å². The number of hydrogen-bond donors (Lipinski definition) is 0. The van der Waals surface area contributed by atoms with Gasteiger partial charge in [0.05, 0.1) is 22.6 Å². The first-order chi connectivity index (χ1) is 29.5. The van der Waals surface area contributed by atoms with Crippen LogP contribution in [0.3, 0.4) is 0 Å². The normalized spacial score (nSPS) is 13.0. The van der Waals surface area contributed by atoms with E-state index in [1.807, 2.05) is 24.3 Å². The summed E-state index contributed by atoms with van der Waals surface area (Å²) in [5.41, 5.74) is 17.1. The Hall–Kier alpha value is -7.69. The molecule has 4 nitrogen and oxygen atoms in total. The molecule has 0 saturated heterocycles. The van der Waals surface area contributed by atoms with Gasteiger partial charge >= 0.3 is 0 Å². The Morgan fingerprint density at radius 2 is 1.02 bits per heavy atom. The lowest BCUT2D eigenvalue weighted by Crippen LogP contribution is -2.14. The highest BCUT2D eigenvalue weighted by atomic mass is 16.3. The van der Waals surface area contributed by atoms with Gasteiger partial charge in [-0.25, -0.2) is 15.0 Å². The zero-order valence-electron chi connectivity index (χ0n) is 33.1. The van der Waals surface area contributed by atoms with Crippen LogP contribution >= 0.6 is 0 Å². The van der Waals surface area contributed by atoms with Crippen molar-refractivity contribution >= 4 is 43.6 Å². The summed E-state index contributed by atoms with van der Waals surface area (Å²) in [5.74, 6) is 0.705. The van der Waals surface area contributed by atoms with E-state index in [4.69, 9.17) is 19.4 Å². The minimum absolute atomic E-state index is 0.0565. The van der Waals surface area contributed by atoms with Gasteiger partial charge in [-0.2, -0.15) is 0 Å². The topological polar surface area (TPSA) is 51.8 Å². The molecule has 1 aliphatic rings. The second kappa shape index (κ2) is 13.2. The molecule has 0 fully saturated rings. The lowest BCUT2D eigenvalue weighted by molar-refractivity contribution is 0.660. The molecule has 12 rings (SSSR count). The largest absolute Gasteiger partial charge is 0.456 e. The molecule has 3 aromatic heterocycles. The number of nitrogens with zero attached hydrogens (tertiary/aromatic N) is 3. The minimum Gasteiger partial charge on any atom is -0.456 e. The van der Waals surface area contributed by atoms with Crippen LogP contribution in [0.25, 0.3) is 111 Å². The van der Waals surface area contributed by atoms with E-state index in [-0.39, 0.29) is 5.41 Å². The average molecular weight is 768 g/mol. The van der Waals surface area contributed by atoms with Gasteiger partial charge in [-0.15, -0.1) is 0 Å². The van der Waals surface area contributed by atoms with Crippen LogP contribution in [0.5, 0.6) is 0 Å². The SMILES string of the molecule is CC1(C)c2ccccc2-c2cc(-c3cc(-c4ccc(-c5ccc6oc7ccc8c(-c9ccccc9)nc9ccccc9c8c7c6c5)cc4)nc(-c4ccccc4)n3)ccc21. The predicted molar refractivity (Wildman–Crippen MR) is 247 cm³/mol.